The summed E-state index contributed by atoms with van der Waals surface area (Å²) in [6.45, 7) is 0. The highest BCUT2D eigenvalue weighted by molar-refractivity contribution is 7.08. The largest absolute Gasteiger partial charge is 0.273 e. The second kappa shape index (κ2) is 6.72. The third kappa shape index (κ3) is 2.78. The van der Waals surface area contributed by atoms with Crippen LogP contribution in [0.3, 0.4) is 0 Å². The summed E-state index contributed by atoms with van der Waals surface area (Å²) in [7, 11) is 0. The Balaban J connectivity index is 2.05. The van der Waals surface area contributed by atoms with Gasteiger partial charge in [-0.15, -0.1) is 22.7 Å². The lowest BCUT2D eigenvalue weighted by Crippen LogP contribution is -2.30. The van der Waals surface area contributed by atoms with Crippen molar-refractivity contribution in [3.63, 3.8) is 0 Å². The fourth-order valence-electron chi connectivity index (χ4n) is 3.13. The minimum absolute atomic E-state index is 0.0643. The maximum Gasteiger partial charge on any atom is 0.273 e. The molecule has 0 radical (unpaired) electrons. The molecule has 26 heavy (non-hydrogen) atoms. The SMILES string of the molecule is N#CC(C#N)=c1sc(=Cc2cscn2)c(=O)n1-c1ccc2c(c1)CCC2. The Bertz CT molecular complexity index is 1230. The van der Waals surface area contributed by atoms with Crippen molar-refractivity contribution in [1.82, 2.24) is 9.55 Å². The van der Waals surface area contributed by atoms with Gasteiger partial charge in [-0.1, -0.05) is 6.07 Å². The molecule has 0 bridgehead atoms. The van der Waals surface area contributed by atoms with E-state index >= 15 is 0 Å². The van der Waals surface area contributed by atoms with Gasteiger partial charge in [-0.2, -0.15) is 10.5 Å². The molecule has 0 atom stereocenters. The van der Waals surface area contributed by atoms with E-state index < -0.39 is 0 Å². The lowest BCUT2D eigenvalue weighted by atomic mass is 10.1. The first-order valence-electron chi connectivity index (χ1n) is 7.99. The van der Waals surface area contributed by atoms with E-state index in [1.165, 1.54) is 27.0 Å². The van der Waals surface area contributed by atoms with E-state index in [0.29, 0.717) is 20.6 Å². The molecule has 3 aromatic rings. The average Bonchev–Trinajstić information content (AvgIpc) is 3.38. The molecular weight excluding hydrogens is 364 g/mol. The number of aromatic nitrogens is 2. The van der Waals surface area contributed by atoms with Crippen molar-refractivity contribution < 1.29 is 0 Å². The second-order valence-corrected chi connectivity index (χ2v) is 7.62. The number of nitriles is 2. The van der Waals surface area contributed by atoms with Gasteiger partial charge < -0.3 is 0 Å². The molecule has 5 nitrogen and oxygen atoms in total. The van der Waals surface area contributed by atoms with Crippen molar-refractivity contribution in [3.8, 4) is 17.8 Å². The molecule has 0 N–H and O–H groups in total. The smallest absolute Gasteiger partial charge is 0.267 e. The summed E-state index contributed by atoms with van der Waals surface area (Å²) in [6.07, 6.45) is 4.85. The zero-order valence-corrected chi connectivity index (χ0v) is 15.2. The van der Waals surface area contributed by atoms with Gasteiger partial charge in [-0.25, -0.2) is 4.98 Å². The van der Waals surface area contributed by atoms with Crippen LogP contribution in [-0.2, 0) is 12.8 Å². The molecule has 1 aliphatic carbocycles. The average molecular weight is 376 g/mol. The molecule has 126 valence electrons. The van der Waals surface area contributed by atoms with Gasteiger partial charge in [-0.3, -0.25) is 9.36 Å². The van der Waals surface area contributed by atoms with Gasteiger partial charge in [-0.05, 0) is 48.6 Å². The van der Waals surface area contributed by atoms with Crippen molar-refractivity contribution in [3.05, 3.63) is 65.5 Å². The van der Waals surface area contributed by atoms with E-state index in [1.54, 1.807) is 11.6 Å². The van der Waals surface area contributed by atoms with Gasteiger partial charge >= 0.3 is 0 Å². The second-order valence-electron chi connectivity index (χ2n) is 5.87. The van der Waals surface area contributed by atoms with Crippen LogP contribution in [0, 0.1) is 22.7 Å². The van der Waals surface area contributed by atoms with Crippen molar-refractivity contribution in [2.24, 2.45) is 0 Å². The number of nitrogens with zero attached hydrogens (tertiary/aromatic N) is 4. The number of rotatable bonds is 2. The molecule has 1 aromatic carbocycles. The Morgan fingerprint density at radius 3 is 2.77 bits per heavy atom. The van der Waals surface area contributed by atoms with Gasteiger partial charge in [0.15, 0.2) is 5.57 Å². The minimum atomic E-state index is -0.237. The predicted octanol–water partition coefficient (Wildman–Crippen LogP) is 1.87. The van der Waals surface area contributed by atoms with Gasteiger partial charge in [0, 0.05) is 5.38 Å². The van der Waals surface area contributed by atoms with Gasteiger partial charge in [0.1, 0.15) is 16.8 Å². The summed E-state index contributed by atoms with van der Waals surface area (Å²) in [5.41, 5.74) is 5.31. The first-order valence-corrected chi connectivity index (χ1v) is 9.75. The molecule has 2 heterocycles. The Hall–Kier alpha value is -3.00. The highest BCUT2D eigenvalue weighted by atomic mass is 32.1. The van der Waals surface area contributed by atoms with Gasteiger partial charge in [0.05, 0.1) is 21.4 Å². The standard InChI is InChI=1S/C19H12N4OS2/c20-8-14(9-21)19-23(16-5-4-12-2-1-3-13(12)6-16)18(24)17(26-19)7-15-10-25-11-22-15/h4-7,10-11H,1-3H2. The number of fused-ring (bicyclic) bond motifs is 1. The molecule has 0 aliphatic heterocycles. The number of hydrogen-bond donors (Lipinski definition) is 0. The van der Waals surface area contributed by atoms with Crippen LogP contribution in [0.1, 0.15) is 23.2 Å². The number of aryl methyl sites for hydroxylation is 2. The monoisotopic (exact) mass is 376 g/mol. The molecule has 0 unspecified atom stereocenters. The minimum Gasteiger partial charge on any atom is -0.267 e. The number of thiazole rings is 2. The predicted molar refractivity (Wildman–Crippen MR) is 102 cm³/mol. The fraction of sp³-hybridized carbons (Fsp3) is 0.158. The molecule has 0 spiro atoms. The van der Waals surface area contributed by atoms with Crippen LogP contribution in [-0.4, -0.2) is 9.55 Å². The lowest BCUT2D eigenvalue weighted by Gasteiger charge is -2.05. The Morgan fingerprint density at radius 1 is 1.23 bits per heavy atom. The third-order valence-corrected chi connectivity index (χ3v) is 6.03. The van der Waals surface area contributed by atoms with Gasteiger partial charge in [0.25, 0.3) is 5.56 Å². The van der Waals surface area contributed by atoms with Crippen LogP contribution in [0.5, 0.6) is 0 Å². The molecular formula is C19H12N4OS2. The van der Waals surface area contributed by atoms with E-state index in [-0.39, 0.29) is 11.1 Å². The summed E-state index contributed by atoms with van der Waals surface area (Å²) < 4.78 is 2.29. The summed E-state index contributed by atoms with van der Waals surface area (Å²) in [4.78, 5) is 17.2. The van der Waals surface area contributed by atoms with Crippen LogP contribution in [0.25, 0.3) is 17.3 Å². The van der Waals surface area contributed by atoms with E-state index in [4.69, 9.17) is 0 Å². The van der Waals surface area contributed by atoms with E-state index in [9.17, 15) is 15.3 Å². The van der Waals surface area contributed by atoms with Crippen LogP contribution >= 0.6 is 22.7 Å². The third-order valence-electron chi connectivity index (χ3n) is 4.33. The molecule has 4 rings (SSSR count). The van der Waals surface area contributed by atoms with Crippen LogP contribution in [0.2, 0.25) is 0 Å². The first kappa shape index (κ1) is 16.5. The quantitative estimate of drug-likeness (QED) is 0.684. The highest BCUT2D eigenvalue weighted by Gasteiger charge is 2.15. The summed E-state index contributed by atoms with van der Waals surface area (Å²) in [5, 5.41) is 20.5. The summed E-state index contributed by atoms with van der Waals surface area (Å²) in [5.74, 6) is 0. The molecule has 1 aliphatic rings. The Labute approximate surface area is 157 Å². The maximum absolute atomic E-state index is 13.0. The zero-order valence-electron chi connectivity index (χ0n) is 13.6. The maximum atomic E-state index is 13.0. The van der Waals surface area contributed by atoms with Crippen LogP contribution in [0.15, 0.2) is 33.9 Å². The van der Waals surface area contributed by atoms with E-state index in [1.807, 2.05) is 35.7 Å². The van der Waals surface area contributed by atoms with Crippen LogP contribution in [0.4, 0.5) is 0 Å². The lowest BCUT2D eigenvalue weighted by molar-refractivity contribution is 0.911. The normalized spacial score (nSPS) is 13.2. The van der Waals surface area contributed by atoms with Crippen molar-refractivity contribution >= 4 is 34.3 Å². The van der Waals surface area contributed by atoms with Crippen molar-refractivity contribution in [1.29, 1.82) is 10.5 Å². The van der Waals surface area contributed by atoms with Crippen molar-refractivity contribution in [2.75, 3.05) is 0 Å². The topological polar surface area (TPSA) is 82.5 Å². The van der Waals surface area contributed by atoms with E-state index in [0.717, 1.165) is 30.6 Å². The van der Waals surface area contributed by atoms with Gasteiger partial charge in [0.2, 0.25) is 0 Å². The van der Waals surface area contributed by atoms with Crippen LogP contribution < -0.4 is 14.8 Å². The highest BCUT2D eigenvalue weighted by Crippen LogP contribution is 2.23. The molecule has 0 amide bonds. The molecule has 0 fully saturated rings. The fourth-order valence-corrected chi connectivity index (χ4v) is 4.68. The van der Waals surface area contributed by atoms with Crippen molar-refractivity contribution in [2.45, 2.75) is 19.3 Å². The number of benzene rings is 1. The summed E-state index contributed by atoms with van der Waals surface area (Å²) >= 11 is 2.59. The summed E-state index contributed by atoms with van der Waals surface area (Å²) in [6, 6.07) is 9.74. The first-order chi connectivity index (χ1) is 12.7. The zero-order chi connectivity index (χ0) is 18.1. The Kier molecular flexibility index (Phi) is 4.26. The molecule has 0 saturated carbocycles. The van der Waals surface area contributed by atoms with E-state index in [2.05, 4.69) is 4.98 Å². The molecule has 0 saturated heterocycles. The molecule has 7 heteroatoms. The molecule has 2 aromatic heterocycles. The number of hydrogen-bond acceptors (Lipinski definition) is 6. The Morgan fingerprint density at radius 2 is 2.04 bits per heavy atom.